The van der Waals surface area contributed by atoms with Gasteiger partial charge in [-0.1, -0.05) is 35.8 Å². The molecule has 21 heavy (non-hydrogen) atoms. The van der Waals surface area contributed by atoms with Gasteiger partial charge in [0.15, 0.2) is 0 Å². The van der Waals surface area contributed by atoms with Crippen molar-refractivity contribution in [1.29, 1.82) is 0 Å². The van der Waals surface area contributed by atoms with Crippen molar-refractivity contribution in [3.8, 4) is 0 Å². The molecule has 2 rings (SSSR count). The fourth-order valence-electron chi connectivity index (χ4n) is 2.69. The van der Waals surface area contributed by atoms with E-state index in [1.165, 1.54) is 5.56 Å². The highest BCUT2D eigenvalue weighted by Crippen LogP contribution is 2.29. The van der Waals surface area contributed by atoms with E-state index >= 15 is 0 Å². The van der Waals surface area contributed by atoms with Crippen LogP contribution in [-0.2, 0) is 11.3 Å². The van der Waals surface area contributed by atoms with Crippen LogP contribution in [0, 0.1) is 0 Å². The summed E-state index contributed by atoms with van der Waals surface area (Å²) >= 11 is 3.65. The second-order valence-corrected chi connectivity index (χ2v) is 6.63. The van der Waals surface area contributed by atoms with Crippen molar-refractivity contribution < 1.29 is 4.79 Å². The van der Waals surface area contributed by atoms with Gasteiger partial charge in [0, 0.05) is 36.3 Å². The van der Waals surface area contributed by atoms with Crippen LogP contribution in [0.2, 0.25) is 0 Å². The minimum Gasteiger partial charge on any atom is -0.359 e. The van der Waals surface area contributed by atoms with Gasteiger partial charge in [-0.15, -0.1) is 0 Å². The van der Waals surface area contributed by atoms with Crippen LogP contribution in [0.15, 0.2) is 22.7 Å². The first kappa shape index (κ1) is 16.3. The quantitative estimate of drug-likeness (QED) is 0.855. The van der Waals surface area contributed by atoms with E-state index in [4.69, 9.17) is 0 Å². The Morgan fingerprint density at radius 3 is 2.86 bits per heavy atom. The molecule has 1 heterocycles. The van der Waals surface area contributed by atoms with E-state index in [1.807, 2.05) is 0 Å². The molecule has 1 aliphatic rings. The molecule has 1 aromatic rings. The van der Waals surface area contributed by atoms with Crippen molar-refractivity contribution in [3.05, 3.63) is 28.2 Å². The summed E-state index contributed by atoms with van der Waals surface area (Å²) in [5.41, 5.74) is 2.35. The number of carbonyl (C=O) groups excluding carboxylic acids is 1. The lowest BCUT2D eigenvalue weighted by Crippen LogP contribution is -2.42. The van der Waals surface area contributed by atoms with Gasteiger partial charge in [-0.2, -0.15) is 0 Å². The number of anilines is 1. The molecule has 116 valence electrons. The highest BCUT2D eigenvalue weighted by Gasteiger charge is 2.30. The topological polar surface area (TPSA) is 44.4 Å². The van der Waals surface area contributed by atoms with Gasteiger partial charge in [0.05, 0.1) is 0 Å². The second-order valence-electron chi connectivity index (χ2n) is 5.78. The third-order valence-corrected chi connectivity index (χ3v) is 4.61. The van der Waals surface area contributed by atoms with Gasteiger partial charge in [-0.25, -0.2) is 0 Å². The lowest BCUT2D eigenvalue weighted by molar-refractivity contribution is -0.121. The van der Waals surface area contributed by atoms with Crippen LogP contribution >= 0.6 is 15.9 Å². The van der Waals surface area contributed by atoms with Gasteiger partial charge in [0.2, 0.25) is 5.91 Å². The molecule has 1 amide bonds. The van der Waals surface area contributed by atoms with Crippen molar-refractivity contribution in [2.45, 2.75) is 45.3 Å². The molecule has 0 spiro atoms. The molecule has 0 bridgehead atoms. The van der Waals surface area contributed by atoms with E-state index in [1.54, 1.807) is 7.05 Å². The zero-order valence-electron chi connectivity index (χ0n) is 12.9. The summed E-state index contributed by atoms with van der Waals surface area (Å²) in [5, 5.41) is 6.18. The zero-order valence-corrected chi connectivity index (χ0v) is 14.5. The minimum absolute atomic E-state index is 0.0402. The smallest absolute Gasteiger partial charge is 0.242 e. The average Bonchev–Trinajstić information content (AvgIpc) is 2.94. The third-order valence-electron chi connectivity index (χ3n) is 3.87. The maximum atomic E-state index is 12.0. The fraction of sp³-hybridized carbons (Fsp3) is 0.562. The van der Waals surface area contributed by atoms with Gasteiger partial charge >= 0.3 is 0 Å². The van der Waals surface area contributed by atoms with E-state index < -0.39 is 0 Å². The summed E-state index contributed by atoms with van der Waals surface area (Å²) in [6, 6.07) is 6.80. The van der Waals surface area contributed by atoms with Crippen molar-refractivity contribution >= 4 is 27.5 Å². The van der Waals surface area contributed by atoms with Crippen molar-refractivity contribution in [2.24, 2.45) is 0 Å². The molecule has 0 aromatic heterocycles. The highest BCUT2D eigenvalue weighted by molar-refractivity contribution is 9.10. The molecule has 5 heteroatoms. The van der Waals surface area contributed by atoms with Crippen LogP contribution in [0.4, 0.5) is 5.69 Å². The first-order valence-electron chi connectivity index (χ1n) is 7.53. The largest absolute Gasteiger partial charge is 0.359 e. The summed E-state index contributed by atoms with van der Waals surface area (Å²) < 4.78 is 1.09. The summed E-state index contributed by atoms with van der Waals surface area (Å²) in [6.45, 7) is 6.06. The van der Waals surface area contributed by atoms with Crippen LogP contribution < -0.4 is 15.5 Å². The average molecular weight is 354 g/mol. The van der Waals surface area contributed by atoms with E-state index in [-0.39, 0.29) is 11.9 Å². The number of hydrogen-bond acceptors (Lipinski definition) is 3. The fourth-order valence-corrected chi connectivity index (χ4v) is 3.19. The highest BCUT2D eigenvalue weighted by atomic mass is 79.9. The van der Waals surface area contributed by atoms with Gasteiger partial charge in [0.25, 0.3) is 0 Å². The number of carbonyl (C=O) groups is 1. The Kier molecular flexibility index (Phi) is 5.65. The molecule has 1 aromatic carbocycles. The number of halogens is 1. The van der Waals surface area contributed by atoms with E-state index in [0.29, 0.717) is 6.04 Å². The molecule has 4 nitrogen and oxygen atoms in total. The molecule has 1 fully saturated rings. The van der Waals surface area contributed by atoms with E-state index in [9.17, 15) is 4.79 Å². The molecular weight excluding hydrogens is 330 g/mol. The van der Waals surface area contributed by atoms with Gasteiger partial charge < -0.3 is 15.5 Å². The Bertz CT molecular complexity index is 504. The monoisotopic (exact) mass is 353 g/mol. The van der Waals surface area contributed by atoms with Crippen LogP contribution in [0.5, 0.6) is 0 Å². The van der Waals surface area contributed by atoms with Crippen molar-refractivity contribution in [1.82, 2.24) is 10.6 Å². The molecule has 0 radical (unpaired) electrons. The van der Waals surface area contributed by atoms with E-state index in [2.05, 4.69) is 63.5 Å². The normalized spacial score (nSPS) is 18.3. The number of nitrogens with zero attached hydrogens (tertiary/aromatic N) is 1. The third kappa shape index (κ3) is 3.98. The molecular formula is C16H24BrN3O. The number of benzene rings is 1. The standard InChI is InChI=1S/C16H24BrN3O/c1-11(2)19-10-12-6-7-13(9-14(12)17)20-8-4-5-15(20)16(21)18-3/h6-7,9,11,15,19H,4-5,8,10H2,1-3H3,(H,18,21). The summed E-state index contributed by atoms with van der Waals surface area (Å²) in [6.07, 6.45) is 1.99. The SMILES string of the molecule is CNC(=O)C1CCCN1c1ccc(CNC(C)C)c(Br)c1. The Hall–Kier alpha value is -1.07. The Balaban J connectivity index is 2.13. The summed E-state index contributed by atoms with van der Waals surface area (Å²) in [4.78, 5) is 14.2. The number of likely N-dealkylation sites (N-methyl/N-ethyl adjacent to an activating group) is 1. The zero-order chi connectivity index (χ0) is 15.4. The minimum atomic E-state index is -0.0402. The van der Waals surface area contributed by atoms with Gasteiger partial charge in [0.1, 0.15) is 6.04 Å². The molecule has 2 N–H and O–H groups in total. The van der Waals surface area contributed by atoms with E-state index in [0.717, 1.165) is 36.1 Å². The molecule has 1 atom stereocenters. The predicted molar refractivity (Wildman–Crippen MR) is 90.6 cm³/mol. The number of rotatable bonds is 5. The maximum absolute atomic E-state index is 12.0. The Morgan fingerprint density at radius 1 is 1.48 bits per heavy atom. The molecule has 0 aliphatic carbocycles. The van der Waals surface area contributed by atoms with Gasteiger partial charge in [-0.3, -0.25) is 4.79 Å². The van der Waals surface area contributed by atoms with Crippen LogP contribution in [-0.4, -0.2) is 31.6 Å². The molecule has 0 saturated carbocycles. The van der Waals surface area contributed by atoms with Crippen molar-refractivity contribution in [3.63, 3.8) is 0 Å². The maximum Gasteiger partial charge on any atom is 0.242 e. The number of nitrogens with one attached hydrogen (secondary N) is 2. The Morgan fingerprint density at radius 2 is 2.24 bits per heavy atom. The van der Waals surface area contributed by atoms with Crippen LogP contribution in [0.3, 0.4) is 0 Å². The van der Waals surface area contributed by atoms with Crippen molar-refractivity contribution in [2.75, 3.05) is 18.5 Å². The number of amides is 1. The lowest BCUT2D eigenvalue weighted by atomic mass is 10.1. The lowest BCUT2D eigenvalue weighted by Gasteiger charge is -2.26. The first-order chi connectivity index (χ1) is 10.0. The molecule has 1 aliphatic heterocycles. The van der Waals surface area contributed by atoms with Crippen LogP contribution in [0.1, 0.15) is 32.3 Å². The second kappa shape index (κ2) is 7.27. The first-order valence-corrected chi connectivity index (χ1v) is 8.32. The number of hydrogen-bond donors (Lipinski definition) is 2. The Labute approximate surface area is 135 Å². The molecule has 1 saturated heterocycles. The molecule has 1 unspecified atom stereocenters. The van der Waals surface area contributed by atoms with Crippen LogP contribution in [0.25, 0.3) is 0 Å². The predicted octanol–water partition coefficient (Wildman–Crippen LogP) is 2.66. The van der Waals surface area contributed by atoms with Gasteiger partial charge in [-0.05, 0) is 30.5 Å². The summed E-state index contributed by atoms with van der Waals surface area (Å²) in [7, 11) is 1.70. The summed E-state index contributed by atoms with van der Waals surface area (Å²) in [5.74, 6) is 0.106.